The summed E-state index contributed by atoms with van der Waals surface area (Å²) in [6, 6.07) is 11.4. The molecule has 4 rings (SSSR count). The van der Waals surface area contributed by atoms with E-state index in [1.165, 1.54) is 23.8 Å². The molecule has 0 amide bonds. The molecule has 7 nitrogen and oxygen atoms in total. The average molecular weight is 463 g/mol. The molecular formula is C26H27FN4O3. The minimum Gasteiger partial charge on any atom is -0.494 e. The summed E-state index contributed by atoms with van der Waals surface area (Å²) >= 11 is 0. The molecule has 1 atom stereocenters. The molecule has 0 radical (unpaired) electrons. The van der Waals surface area contributed by atoms with E-state index in [9.17, 15) is 9.18 Å². The Morgan fingerprint density at radius 2 is 1.94 bits per heavy atom. The minimum atomic E-state index is -0.571. The van der Waals surface area contributed by atoms with Gasteiger partial charge in [-0.1, -0.05) is 30.3 Å². The highest BCUT2D eigenvalue weighted by Gasteiger charge is 2.21. The zero-order valence-corrected chi connectivity index (χ0v) is 19.3. The van der Waals surface area contributed by atoms with E-state index in [-0.39, 0.29) is 22.9 Å². The Labute approximate surface area is 198 Å². The molecule has 0 aliphatic carbocycles. The van der Waals surface area contributed by atoms with Gasteiger partial charge in [-0.15, -0.1) is 0 Å². The van der Waals surface area contributed by atoms with Gasteiger partial charge in [-0.2, -0.15) is 4.98 Å². The minimum absolute atomic E-state index is 0.0920. The van der Waals surface area contributed by atoms with Crippen LogP contribution in [0.3, 0.4) is 0 Å². The van der Waals surface area contributed by atoms with Gasteiger partial charge in [0.2, 0.25) is 0 Å². The Morgan fingerprint density at radius 3 is 2.65 bits per heavy atom. The molecule has 2 heterocycles. The maximum atomic E-state index is 14.5. The number of methoxy groups -OCH3 is 1. The maximum Gasteiger partial charge on any atom is 0.299 e. The summed E-state index contributed by atoms with van der Waals surface area (Å²) in [5, 5.41) is 3.39. The summed E-state index contributed by atoms with van der Waals surface area (Å²) in [5.74, 6) is -0.100. The van der Waals surface area contributed by atoms with Crippen molar-refractivity contribution in [2.24, 2.45) is 13.0 Å². The first kappa shape index (κ1) is 23.5. The fraction of sp³-hybridized carbons (Fsp3) is 0.346. The van der Waals surface area contributed by atoms with Crippen molar-refractivity contribution < 1.29 is 13.9 Å². The average Bonchev–Trinajstić information content (AvgIpc) is 3.14. The molecular weight excluding hydrogens is 435 g/mol. The van der Waals surface area contributed by atoms with Gasteiger partial charge in [-0.05, 0) is 61.5 Å². The monoisotopic (exact) mass is 462 g/mol. The van der Waals surface area contributed by atoms with Gasteiger partial charge in [-0.25, -0.2) is 9.24 Å². The van der Waals surface area contributed by atoms with Gasteiger partial charge in [0.05, 0.1) is 31.5 Å². The van der Waals surface area contributed by atoms with Crippen LogP contribution in [-0.2, 0) is 7.05 Å². The summed E-state index contributed by atoms with van der Waals surface area (Å²) in [5.41, 5.74) is 1.79. The number of nitrogens with one attached hydrogen (secondary N) is 1. The van der Waals surface area contributed by atoms with E-state index in [0.717, 1.165) is 32.4 Å². The van der Waals surface area contributed by atoms with Crippen LogP contribution in [0, 0.1) is 18.3 Å². The van der Waals surface area contributed by atoms with Crippen LogP contribution in [0.5, 0.6) is 11.8 Å². The Balaban J connectivity index is 1.79. The third kappa shape index (κ3) is 4.95. The molecule has 2 aromatic carbocycles. The number of benzene rings is 2. The number of aromatic nitrogens is 2. The van der Waals surface area contributed by atoms with Crippen LogP contribution in [0.1, 0.15) is 19.3 Å². The SMILES string of the molecule is [C-]#[N+]c1ccc(-c2nc(OCC3CCCNCC3)n(C)c(=O)c2-c2ccc(OC)c(F)c2)cc1. The Kier molecular flexibility index (Phi) is 7.24. The molecule has 0 bridgehead atoms. The molecule has 1 aromatic heterocycles. The van der Waals surface area contributed by atoms with E-state index in [1.54, 1.807) is 37.4 Å². The summed E-state index contributed by atoms with van der Waals surface area (Å²) in [6.45, 7) is 9.62. The normalized spacial score (nSPS) is 15.9. The zero-order valence-electron chi connectivity index (χ0n) is 19.3. The van der Waals surface area contributed by atoms with E-state index in [4.69, 9.17) is 21.0 Å². The lowest BCUT2D eigenvalue weighted by atomic mass is 10.00. The van der Waals surface area contributed by atoms with Crippen LogP contribution in [0.4, 0.5) is 10.1 Å². The van der Waals surface area contributed by atoms with Crippen molar-refractivity contribution >= 4 is 5.69 Å². The highest BCUT2D eigenvalue weighted by Crippen LogP contribution is 2.32. The molecule has 3 aromatic rings. The Hall–Kier alpha value is -3.70. The van der Waals surface area contributed by atoms with Gasteiger partial charge in [0, 0.05) is 7.05 Å². The second kappa shape index (κ2) is 10.5. The van der Waals surface area contributed by atoms with E-state index in [2.05, 4.69) is 10.2 Å². The van der Waals surface area contributed by atoms with Gasteiger partial charge in [-0.3, -0.25) is 9.36 Å². The molecule has 176 valence electrons. The topological polar surface area (TPSA) is 69.7 Å². The third-order valence-electron chi connectivity index (χ3n) is 6.10. The Bertz CT molecular complexity index is 1260. The van der Waals surface area contributed by atoms with Gasteiger partial charge < -0.3 is 14.8 Å². The van der Waals surface area contributed by atoms with Crippen molar-refractivity contribution in [1.82, 2.24) is 14.9 Å². The second-order valence-electron chi connectivity index (χ2n) is 8.35. The molecule has 1 fully saturated rings. The standard InChI is InChI=1S/C26H27FN4O3/c1-28-20-9-6-18(7-10-20)24-23(19-8-11-22(33-3)21(27)15-19)25(32)31(2)26(30-24)34-16-17-5-4-13-29-14-12-17/h6-11,15,17,29H,4-5,12-14,16H2,2-3H3. The molecule has 0 saturated carbocycles. The lowest BCUT2D eigenvalue weighted by Crippen LogP contribution is -2.25. The van der Waals surface area contributed by atoms with Crippen molar-refractivity contribution in [2.45, 2.75) is 19.3 Å². The fourth-order valence-electron chi connectivity index (χ4n) is 4.15. The summed E-state index contributed by atoms with van der Waals surface area (Å²) in [4.78, 5) is 21.6. The number of halogens is 1. The first-order valence-corrected chi connectivity index (χ1v) is 11.3. The summed E-state index contributed by atoms with van der Waals surface area (Å²) in [7, 11) is 2.99. The number of rotatable bonds is 6. The van der Waals surface area contributed by atoms with Gasteiger partial charge in [0.15, 0.2) is 17.3 Å². The quantitative estimate of drug-likeness (QED) is 0.543. The van der Waals surface area contributed by atoms with Crippen molar-refractivity contribution in [2.75, 3.05) is 26.8 Å². The lowest BCUT2D eigenvalue weighted by Gasteiger charge is -2.18. The third-order valence-corrected chi connectivity index (χ3v) is 6.10. The molecule has 1 saturated heterocycles. The first-order valence-electron chi connectivity index (χ1n) is 11.3. The molecule has 0 spiro atoms. The predicted octanol–water partition coefficient (Wildman–Crippen LogP) is 4.58. The number of ether oxygens (including phenoxy) is 2. The number of hydrogen-bond donors (Lipinski definition) is 1. The molecule has 1 unspecified atom stereocenters. The van der Waals surface area contributed by atoms with Gasteiger partial charge in [0.25, 0.3) is 11.6 Å². The van der Waals surface area contributed by atoms with Crippen LogP contribution in [0.25, 0.3) is 27.2 Å². The van der Waals surface area contributed by atoms with E-state index in [0.29, 0.717) is 35.0 Å². The molecule has 34 heavy (non-hydrogen) atoms. The lowest BCUT2D eigenvalue weighted by molar-refractivity contribution is 0.211. The Morgan fingerprint density at radius 1 is 1.18 bits per heavy atom. The van der Waals surface area contributed by atoms with Gasteiger partial charge in [0.1, 0.15) is 0 Å². The predicted molar refractivity (Wildman–Crippen MR) is 129 cm³/mol. The molecule has 1 aliphatic heterocycles. The van der Waals surface area contributed by atoms with Crippen LogP contribution < -0.4 is 20.3 Å². The van der Waals surface area contributed by atoms with Crippen LogP contribution in [0.2, 0.25) is 0 Å². The summed E-state index contributed by atoms with van der Waals surface area (Å²) < 4.78 is 27.0. The highest BCUT2D eigenvalue weighted by molar-refractivity contribution is 5.81. The molecule has 8 heteroatoms. The second-order valence-corrected chi connectivity index (χ2v) is 8.35. The smallest absolute Gasteiger partial charge is 0.299 e. The maximum absolute atomic E-state index is 14.5. The van der Waals surface area contributed by atoms with Gasteiger partial charge >= 0.3 is 0 Å². The summed E-state index contributed by atoms with van der Waals surface area (Å²) in [6.07, 6.45) is 3.14. The first-order chi connectivity index (χ1) is 16.5. The van der Waals surface area contributed by atoms with E-state index in [1.807, 2.05) is 0 Å². The molecule has 1 N–H and O–H groups in total. The van der Waals surface area contributed by atoms with Crippen molar-refractivity contribution in [3.63, 3.8) is 0 Å². The van der Waals surface area contributed by atoms with Crippen molar-refractivity contribution in [3.8, 4) is 34.1 Å². The number of hydrogen-bond acceptors (Lipinski definition) is 5. The van der Waals surface area contributed by atoms with E-state index >= 15 is 0 Å². The largest absolute Gasteiger partial charge is 0.494 e. The van der Waals surface area contributed by atoms with Crippen molar-refractivity contribution in [1.29, 1.82) is 0 Å². The number of nitrogens with zero attached hydrogens (tertiary/aromatic N) is 3. The van der Waals surface area contributed by atoms with Crippen molar-refractivity contribution in [3.05, 3.63) is 70.1 Å². The van der Waals surface area contributed by atoms with Crippen LogP contribution in [0.15, 0.2) is 47.3 Å². The van der Waals surface area contributed by atoms with Crippen LogP contribution in [-0.4, -0.2) is 36.4 Å². The van der Waals surface area contributed by atoms with Crippen LogP contribution >= 0.6 is 0 Å². The highest BCUT2D eigenvalue weighted by atomic mass is 19.1. The van der Waals surface area contributed by atoms with E-state index < -0.39 is 5.82 Å². The molecule has 1 aliphatic rings. The zero-order chi connectivity index (χ0) is 24.1. The fourth-order valence-corrected chi connectivity index (χ4v) is 4.15.